The van der Waals surface area contributed by atoms with E-state index in [-0.39, 0.29) is 28.9 Å². The van der Waals surface area contributed by atoms with Crippen molar-refractivity contribution in [3.63, 3.8) is 0 Å². The van der Waals surface area contributed by atoms with Gasteiger partial charge in [0.1, 0.15) is 10.7 Å². The van der Waals surface area contributed by atoms with Crippen molar-refractivity contribution < 1.29 is 12.8 Å². The van der Waals surface area contributed by atoms with E-state index in [2.05, 4.69) is 10.0 Å². The standard InChI is InChI=1S/C12H18ClFN2O2S2/c1-8(19-3)6-16-20(17,18)11-5-10(13)4-9(7-15-2)12(11)14/h4-5,8,15-16H,6-7H2,1-3H3. The summed E-state index contributed by atoms with van der Waals surface area (Å²) in [5.74, 6) is -0.770. The van der Waals surface area contributed by atoms with Gasteiger partial charge in [-0.1, -0.05) is 18.5 Å². The summed E-state index contributed by atoms with van der Waals surface area (Å²) < 4.78 is 40.9. The monoisotopic (exact) mass is 340 g/mol. The molecule has 0 amide bonds. The zero-order chi connectivity index (χ0) is 15.3. The first-order chi connectivity index (χ1) is 9.31. The van der Waals surface area contributed by atoms with Gasteiger partial charge < -0.3 is 5.32 Å². The van der Waals surface area contributed by atoms with E-state index in [0.717, 1.165) is 6.07 Å². The average Bonchev–Trinajstić information content (AvgIpc) is 2.40. The fourth-order valence-electron chi connectivity index (χ4n) is 1.52. The number of hydrogen-bond donors (Lipinski definition) is 2. The van der Waals surface area contributed by atoms with Crippen molar-refractivity contribution in [1.82, 2.24) is 10.0 Å². The molecule has 0 aliphatic carbocycles. The summed E-state index contributed by atoms with van der Waals surface area (Å²) in [5.41, 5.74) is 0.221. The molecule has 0 fully saturated rings. The molecule has 0 radical (unpaired) electrons. The summed E-state index contributed by atoms with van der Waals surface area (Å²) in [4.78, 5) is -0.413. The third kappa shape index (κ3) is 4.60. The Hall–Kier alpha value is -0.340. The SMILES string of the molecule is CNCc1cc(Cl)cc(S(=O)(=O)NCC(C)SC)c1F. The van der Waals surface area contributed by atoms with E-state index in [1.54, 1.807) is 7.05 Å². The average molecular weight is 341 g/mol. The second kappa shape index (κ2) is 7.61. The van der Waals surface area contributed by atoms with Crippen LogP contribution in [-0.4, -0.2) is 33.5 Å². The molecule has 114 valence electrons. The molecule has 1 aromatic rings. The molecule has 0 aromatic heterocycles. The fraction of sp³-hybridized carbons (Fsp3) is 0.500. The van der Waals surface area contributed by atoms with E-state index in [1.165, 1.54) is 17.8 Å². The third-order valence-corrected chi connectivity index (χ3v) is 5.31. The van der Waals surface area contributed by atoms with Crippen LogP contribution in [0, 0.1) is 5.82 Å². The lowest BCUT2D eigenvalue weighted by Gasteiger charge is -2.13. The van der Waals surface area contributed by atoms with Crippen molar-refractivity contribution in [1.29, 1.82) is 0 Å². The summed E-state index contributed by atoms with van der Waals surface area (Å²) >= 11 is 7.39. The predicted octanol–water partition coefficient (Wildman–Crippen LogP) is 2.23. The molecule has 0 aliphatic rings. The lowest BCUT2D eigenvalue weighted by atomic mass is 10.2. The van der Waals surface area contributed by atoms with Gasteiger partial charge in [0.25, 0.3) is 0 Å². The Bertz CT molecular complexity index is 567. The van der Waals surface area contributed by atoms with E-state index < -0.39 is 20.7 Å². The molecule has 20 heavy (non-hydrogen) atoms. The van der Waals surface area contributed by atoms with Crippen molar-refractivity contribution in [3.05, 3.63) is 28.5 Å². The van der Waals surface area contributed by atoms with Crippen LogP contribution in [0.5, 0.6) is 0 Å². The molecule has 1 atom stereocenters. The van der Waals surface area contributed by atoms with E-state index in [9.17, 15) is 12.8 Å². The van der Waals surface area contributed by atoms with Gasteiger partial charge in [-0.25, -0.2) is 17.5 Å². The van der Waals surface area contributed by atoms with Crippen molar-refractivity contribution in [2.24, 2.45) is 0 Å². The molecule has 1 unspecified atom stereocenters. The minimum atomic E-state index is -3.91. The lowest BCUT2D eigenvalue weighted by molar-refractivity contribution is 0.546. The number of rotatable bonds is 7. The van der Waals surface area contributed by atoms with Gasteiger partial charge in [-0.05, 0) is 25.4 Å². The van der Waals surface area contributed by atoms with E-state index in [4.69, 9.17) is 11.6 Å². The Kier molecular flexibility index (Phi) is 6.74. The van der Waals surface area contributed by atoms with Gasteiger partial charge in [0.05, 0.1) is 0 Å². The second-order valence-electron chi connectivity index (χ2n) is 4.31. The number of thioether (sulfide) groups is 1. The van der Waals surface area contributed by atoms with Crippen LogP contribution in [0.3, 0.4) is 0 Å². The van der Waals surface area contributed by atoms with Crippen LogP contribution in [0.2, 0.25) is 5.02 Å². The van der Waals surface area contributed by atoms with Gasteiger partial charge in [0.2, 0.25) is 10.0 Å². The molecule has 2 N–H and O–H groups in total. The summed E-state index contributed by atoms with van der Waals surface area (Å²) in [5, 5.41) is 3.06. The normalized spacial score (nSPS) is 13.4. The van der Waals surface area contributed by atoms with Gasteiger partial charge in [-0.3, -0.25) is 0 Å². The summed E-state index contributed by atoms with van der Waals surface area (Å²) in [6, 6.07) is 2.54. The Balaban J connectivity index is 3.11. The van der Waals surface area contributed by atoms with E-state index in [0.29, 0.717) is 0 Å². The number of sulfonamides is 1. The Labute approximate surface area is 128 Å². The predicted molar refractivity (Wildman–Crippen MR) is 82.3 cm³/mol. The Morgan fingerprint density at radius 1 is 1.45 bits per heavy atom. The maximum Gasteiger partial charge on any atom is 0.243 e. The molecule has 0 spiro atoms. The van der Waals surface area contributed by atoms with Crippen LogP contribution in [0.4, 0.5) is 4.39 Å². The first kappa shape index (κ1) is 17.7. The minimum Gasteiger partial charge on any atom is -0.316 e. The molecule has 8 heteroatoms. The third-order valence-electron chi connectivity index (χ3n) is 2.70. The molecular formula is C12H18ClFN2O2S2. The number of hydrogen-bond acceptors (Lipinski definition) is 4. The van der Waals surface area contributed by atoms with Crippen molar-refractivity contribution in [3.8, 4) is 0 Å². The highest BCUT2D eigenvalue weighted by molar-refractivity contribution is 7.99. The van der Waals surface area contributed by atoms with Gasteiger partial charge in [0.15, 0.2) is 0 Å². The number of benzene rings is 1. The van der Waals surface area contributed by atoms with Crippen molar-refractivity contribution in [2.75, 3.05) is 19.8 Å². The fourth-order valence-corrected chi connectivity index (χ4v) is 3.46. The van der Waals surface area contributed by atoms with Gasteiger partial charge in [0, 0.05) is 28.9 Å². The number of nitrogens with one attached hydrogen (secondary N) is 2. The quantitative estimate of drug-likeness (QED) is 0.799. The highest BCUT2D eigenvalue weighted by atomic mass is 35.5. The second-order valence-corrected chi connectivity index (χ2v) is 7.75. The number of halogens is 2. The topological polar surface area (TPSA) is 58.2 Å². The van der Waals surface area contributed by atoms with Crippen LogP contribution in [0.15, 0.2) is 17.0 Å². The molecule has 0 bridgehead atoms. The summed E-state index contributed by atoms with van der Waals surface area (Å²) in [6.07, 6.45) is 1.88. The van der Waals surface area contributed by atoms with Gasteiger partial charge in [-0.15, -0.1) is 0 Å². The highest BCUT2D eigenvalue weighted by Crippen LogP contribution is 2.24. The molecule has 0 heterocycles. The first-order valence-electron chi connectivity index (χ1n) is 5.96. The minimum absolute atomic E-state index is 0.101. The smallest absolute Gasteiger partial charge is 0.243 e. The molecule has 1 rings (SSSR count). The van der Waals surface area contributed by atoms with E-state index >= 15 is 0 Å². The molecule has 4 nitrogen and oxygen atoms in total. The van der Waals surface area contributed by atoms with Crippen LogP contribution in [0.25, 0.3) is 0 Å². The molecule has 1 aromatic carbocycles. The Morgan fingerprint density at radius 3 is 2.65 bits per heavy atom. The lowest BCUT2D eigenvalue weighted by Crippen LogP contribution is -2.30. The summed E-state index contributed by atoms with van der Waals surface area (Å²) in [6.45, 7) is 2.32. The van der Waals surface area contributed by atoms with E-state index in [1.807, 2.05) is 13.2 Å². The molecule has 0 saturated carbocycles. The van der Waals surface area contributed by atoms with Crippen molar-refractivity contribution in [2.45, 2.75) is 23.6 Å². The summed E-state index contributed by atoms with van der Waals surface area (Å²) in [7, 11) is -2.26. The first-order valence-corrected chi connectivity index (χ1v) is 9.11. The maximum absolute atomic E-state index is 14.2. The van der Waals surface area contributed by atoms with Crippen LogP contribution in [-0.2, 0) is 16.6 Å². The van der Waals surface area contributed by atoms with Crippen LogP contribution in [0.1, 0.15) is 12.5 Å². The highest BCUT2D eigenvalue weighted by Gasteiger charge is 2.22. The molecular weight excluding hydrogens is 323 g/mol. The molecule has 0 aliphatic heterocycles. The zero-order valence-electron chi connectivity index (χ0n) is 11.5. The largest absolute Gasteiger partial charge is 0.316 e. The Morgan fingerprint density at radius 2 is 2.10 bits per heavy atom. The van der Waals surface area contributed by atoms with Crippen LogP contribution >= 0.6 is 23.4 Å². The zero-order valence-corrected chi connectivity index (χ0v) is 13.9. The van der Waals surface area contributed by atoms with Crippen LogP contribution < -0.4 is 10.0 Å². The molecule has 0 saturated heterocycles. The van der Waals surface area contributed by atoms with Gasteiger partial charge in [-0.2, -0.15) is 11.8 Å². The maximum atomic E-state index is 14.2. The van der Waals surface area contributed by atoms with Gasteiger partial charge >= 0.3 is 0 Å². The van der Waals surface area contributed by atoms with Crippen molar-refractivity contribution >= 4 is 33.4 Å².